The Bertz CT molecular complexity index is 314. The Morgan fingerprint density at radius 2 is 1.11 bits per heavy atom. The minimum absolute atomic E-state index is 0.141. The van der Waals surface area contributed by atoms with Gasteiger partial charge in [0.15, 0.2) is 0 Å². The second kappa shape index (κ2) is 9.79. The summed E-state index contributed by atoms with van der Waals surface area (Å²) in [6.45, 7) is -1.56. The van der Waals surface area contributed by atoms with E-state index in [4.69, 9.17) is 11.5 Å². The number of rotatable bonds is 10. The molecule has 19 heavy (non-hydrogen) atoms. The highest BCUT2D eigenvalue weighted by Crippen LogP contribution is 1.76. The maximum absolute atomic E-state index is 11.1. The van der Waals surface area contributed by atoms with Crippen molar-refractivity contribution < 1.29 is 28.7 Å². The van der Waals surface area contributed by atoms with Gasteiger partial charge < -0.3 is 31.6 Å². The molecule has 0 radical (unpaired) electrons. The van der Waals surface area contributed by atoms with Crippen molar-refractivity contribution in [1.82, 2.24) is 10.6 Å². The third kappa shape index (κ3) is 12.1. The Labute approximate surface area is 108 Å². The molecule has 10 heteroatoms. The fraction of sp³-hybridized carbons (Fsp3) is 0.556. The number of carbonyl (C=O) groups excluding carboxylic acids is 4. The molecule has 0 saturated carbocycles. The van der Waals surface area contributed by atoms with Gasteiger partial charge in [-0.2, -0.15) is 0 Å². The Morgan fingerprint density at radius 1 is 0.737 bits per heavy atom. The van der Waals surface area contributed by atoms with Crippen molar-refractivity contribution in [2.75, 3.05) is 33.1 Å². The quantitative estimate of drug-likeness (QED) is 0.299. The van der Waals surface area contributed by atoms with E-state index in [9.17, 15) is 19.2 Å². The predicted molar refractivity (Wildman–Crippen MR) is 61.2 cm³/mol. The van der Waals surface area contributed by atoms with Crippen molar-refractivity contribution >= 4 is 23.6 Å². The van der Waals surface area contributed by atoms with Crippen LogP contribution in [0, 0.1) is 0 Å². The Morgan fingerprint density at radius 3 is 1.42 bits per heavy atom. The van der Waals surface area contributed by atoms with Gasteiger partial charge in [0.25, 0.3) is 0 Å². The molecular formula is C9H16N4O6. The van der Waals surface area contributed by atoms with E-state index in [0.717, 1.165) is 0 Å². The molecule has 0 aromatic heterocycles. The van der Waals surface area contributed by atoms with E-state index in [1.165, 1.54) is 0 Å². The molecule has 0 rings (SSSR count). The molecule has 6 N–H and O–H groups in total. The molecule has 0 aliphatic heterocycles. The second-order valence-corrected chi connectivity index (χ2v) is 3.29. The molecule has 0 unspecified atom stereocenters. The van der Waals surface area contributed by atoms with Gasteiger partial charge in [-0.05, 0) is 0 Å². The van der Waals surface area contributed by atoms with Gasteiger partial charge in [0.1, 0.15) is 26.4 Å². The highest BCUT2D eigenvalue weighted by Gasteiger charge is 2.05. The van der Waals surface area contributed by atoms with Crippen LogP contribution in [-0.4, -0.2) is 56.7 Å². The number of nitrogens with one attached hydrogen (secondary N) is 2. The number of primary amides is 2. The number of ether oxygens (including phenoxy) is 2. The summed E-state index contributed by atoms with van der Waals surface area (Å²) in [4.78, 5) is 42.7. The number of hydrogen-bond acceptors (Lipinski definition) is 6. The average molecular weight is 276 g/mol. The molecular weight excluding hydrogens is 260 g/mol. The molecule has 0 aromatic carbocycles. The second-order valence-electron chi connectivity index (χ2n) is 3.29. The molecule has 108 valence electrons. The van der Waals surface area contributed by atoms with E-state index < -0.39 is 23.6 Å². The summed E-state index contributed by atoms with van der Waals surface area (Å²) in [6, 6.07) is 0. The van der Waals surface area contributed by atoms with Gasteiger partial charge in [-0.25, -0.2) is 0 Å². The van der Waals surface area contributed by atoms with Crippen LogP contribution in [-0.2, 0) is 28.7 Å². The lowest BCUT2D eigenvalue weighted by atomic mass is 10.6. The summed E-state index contributed by atoms with van der Waals surface area (Å²) >= 11 is 0. The van der Waals surface area contributed by atoms with E-state index in [1.54, 1.807) is 0 Å². The van der Waals surface area contributed by atoms with Crippen molar-refractivity contribution in [3.8, 4) is 0 Å². The van der Waals surface area contributed by atoms with Gasteiger partial charge in [0.05, 0.1) is 6.67 Å². The molecule has 4 amide bonds. The van der Waals surface area contributed by atoms with Crippen LogP contribution in [0.15, 0.2) is 0 Å². The van der Waals surface area contributed by atoms with E-state index in [-0.39, 0.29) is 33.1 Å². The highest BCUT2D eigenvalue weighted by atomic mass is 16.5. The lowest BCUT2D eigenvalue weighted by Gasteiger charge is -2.07. The van der Waals surface area contributed by atoms with Crippen molar-refractivity contribution in [1.29, 1.82) is 0 Å². The fourth-order valence-electron chi connectivity index (χ4n) is 0.832. The molecule has 0 aromatic rings. The van der Waals surface area contributed by atoms with Crippen molar-refractivity contribution in [3.63, 3.8) is 0 Å². The monoisotopic (exact) mass is 276 g/mol. The van der Waals surface area contributed by atoms with Gasteiger partial charge in [0.2, 0.25) is 23.6 Å². The summed E-state index contributed by atoms with van der Waals surface area (Å²) in [6.07, 6.45) is 0. The first-order chi connectivity index (χ1) is 8.91. The van der Waals surface area contributed by atoms with Crippen LogP contribution >= 0.6 is 0 Å². The summed E-state index contributed by atoms with van der Waals surface area (Å²) < 4.78 is 9.26. The zero-order valence-corrected chi connectivity index (χ0v) is 10.1. The fourth-order valence-corrected chi connectivity index (χ4v) is 0.832. The van der Waals surface area contributed by atoms with Crippen LogP contribution in [0.5, 0.6) is 0 Å². The Hall–Kier alpha value is -2.20. The van der Waals surface area contributed by atoms with Crippen LogP contribution in [0.4, 0.5) is 0 Å². The highest BCUT2D eigenvalue weighted by molar-refractivity contribution is 5.80. The number of amides is 4. The zero-order chi connectivity index (χ0) is 14.7. The predicted octanol–water partition coefficient (Wildman–Crippen LogP) is -3.82. The first-order valence-electron chi connectivity index (χ1n) is 5.17. The minimum atomic E-state index is -0.687. The van der Waals surface area contributed by atoms with Gasteiger partial charge in [0, 0.05) is 0 Å². The van der Waals surface area contributed by atoms with Crippen LogP contribution in [0.2, 0.25) is 0 Å². The molecule has 0 fully saturated rings. The normalized spacial score (nSPS) is 9.68. The van der Waals surface area contributed by atoms with Crippen LogP contribution in [0.3, 0.4) is 0 Å². The molecule has 0 aliphatic rings. The average Bonchev–Trinajstić information content (AvgIpc) is 2.27. The van der Waals surface area contributed by atoms with Gasteiger partial charge in [-0.15, -0.1) is 0 Å². The summed E-state index contributed by atoms with van der Waals surface area (Å²) in [5.41, 5.74) is 9.57. The first kappa shape index (κ1) is 16.8. The van der Waals surface area contributed by atoms with Gasteiger partial charge >= 0.3 is 0 Å². The minimum Gasteiger partial charge on any atom is -0.368 e. The lowest BCUT2D eigenvalue weighted by molar-refractivity contribution is -0.129. The van der Waals surface area contributed by atoms with Crippen LogP contribution < -0.4 is 22.1 Å². The van der Waals surface area contributed by atoms with Crippen LogP contribution in [0.25, 0.3) is 0 Å². The van der Waals surface area contributed by atoms with Crippen molar-refractivity contribution in [3.05, 3.63) is 0 Å². The molecule has 0 atom stereocenters. The third-order valence-electron chi connectivity index (χ3n) is 1.53. The van der Waals surface area contributed by atoms with Crippen LogP contribution in [0.1, 0.15) is 0 Å². The van der Waals surface area contributed by atoms with E-state index in [2.05, 4.69) is 20.1 Å². The molecule has 10 nitrogen and oxygen atoms in total. The van der Waals surface area contributed by atoms with E-state index in [1.807, 2.05) is 0 Å². The molecule has 0 spiro atoms. The third-order valence-corrected chi connectivity index (χ3v) is 1.53. The molecule has 0 aliphatic carbocycles. The van der Waals surface area contributed by atoms with Gasteiger partial charge in [-0.1, -0.05) is 0 Å². The van der Waals surface area contributed by atoms with Gasteiger partial charge in [-0.3, -0.25) is 19.2 Å². The largest absolute Gasteiger partial charge is 0.368 e. The number of hydrogen-bond donors (Lipinski definition) is 4. The maximum Gasteiger partial charge on any atom is 0.247 e. The molecule has 0 heterocycles. The van der Waals surface area contributed by atoms with E-state index in [0.29, 0.717) is 0 Å². The SMILES string of the molecule is NC(=O)COCC(=O)NCNC(=O)COCC(N)=O. The maximum atomic E-state index is 11.1. The zero-order valence-electron chi connectivity index (χ0n) is 10.1. The van der Waals surface area contributed by atoms with Crippen molar-refractivity contribution in [2.24, 2.45) is 11.5 Å². The Balaban J connectivity index is 3.50. The standard InChI is InChI=1S/C9H16N4O6/c10-6(14)1-18-3-8(16)12-5-13-9(17)4-19-2-7(11)15/h1-5H2,(H2,10,14)(H2,11,15)(H,12,16)(H,13,17). The smallest absolute Gasteiger partial charge is 0.247 e. The lowest BCUT2D eigenvalue weighted by Crippen LogP contribution is -2.40. The van der Waals surface area contributed by atoms with E-state index >= 15 is 0 Å². The topological polar surface area (TPSA) is 163 Å². The Kier molecular flexibility index (Phi) is 8.66. The van der Waals surface area contributed by atoms with Crippen molar-refractivity contribution in [2.45, 2.75) is 0 Å². The molecule has 0 saturated heterocycles. The molecule has 0 bridgehead atoms. The number of nitrogens with two attached hydrogens (primary N) is 2. The summed E-state index contributed by atoms with van der Waals surface area (Å²) in [7, 11) is 0. The summed E-state index contributed by atoms with van der Waals surface area (Å²) in [5.74, 6) is -2.43. The number of carbonyl (C=O) groups is 4. The first-order valence-corrected chi connectivity index (χ1v) is 5.17. The summed E-state index contributed by atoms with van der Waals surface area (Å²) in [5, 5.41) is 4.58.